The number of carbonyl (C=O) groups is 1. The van der Waals surface area contributed by atoms with Gasteiger partial charge in [-0.2, -0.15) is 0 Å². The van der Waals surface area contributed by atoms with Crippen molar-refractivity contribution in [3.63, 3.8) is 0 Å². The molecule has 0 unspecified atom stereocenters. The summed E-state index contributed by atoms with van der Waals surface area (Å²) in [6.07, 6.45) is 4.27. The minimum absolute atomic E-state index is 0.0337. The maximum Gasteiger partial charge on any atom is 0.222 e. The van der Waals surface area contributed by atoms with Gasteiger partial charge in [-0.3, -0.25) is 4.79 Å². The minimum atomic E-state index is -0.454. The monoisotopic (exact) mass is 341 g/mol. The molecule has 0 aromatic rings. The highest BCUT2D eigenvalue weighted by molar-refractivity contribution is 5.76. The molecule has 3 aliphatic heterocycles. The molecule has 0 saturated carbocycles. The molecule has 0 aliphatic carbocycles. The predicted octanol–water partition coefficient (Wildman–Crippen LogP) is -0.515. The summed E-state index contributed by atoms with van der Waals surface area (Å²) in [6.45, 7) is 5.33. The lowest BCUT2D eigenvalue weighted by Gasteiger charge is -2.38. The van der Waals surface area contributed by atoms with E-state index < -0.39 is 6.10 Å². The van der Waals surface area contributed by atoms with Crippen molar-refractivity contribution in [3.05, 3.63) is 0 Å². The first-order valence-corrected chi connectivity index (χ1v) is 9.34. The van der Waals surface area contributed by atoms with Gasteiger partial charge in [0, 0.05) is 25.7 Å². The van der Waals surface area contributed by atoms with Crippen LogP contribution in [0.25, 0.3) is 0 Å². The van der Waals surface area contributed by atoms with Crippen molar-refractivity contribution in [1.29, 1.82) is 0 Å². The van der Waals surface area contributed by atoms with Crippen molar-refractivity contribution in [2.75, 3.05) is 45.9 Å². The number of likely N-dealkylation sites (tertiary alicyclic amines) is 1. The molecule has 0 radical (unpaired) electrons. The molecule has 3 saturated heterocycles. The maximum atomic E-state index is 12.1. The van der Waals surface area contributed by atoms with Crippen LogP contribution in [-0.4, -0.2) is 86.2 Å². The molecule has 3 rings (SSSR count). The number of hydrogen-bond acceptors (Lipinski definition) is 6. The predicted molar refractivity (Wildman–Crippen MR) is 89.8 cm³/mol. The number of aliphatic hydroxyl groups excluding tert-OH is 1. The molecule has 24 heavy (non-hydrogen) atoms. The molecule has 3 fully saturated rings. The van der Waals surface area contributed by atoms with Gasteiger partial charge in [0.2, 0.25) is 5.91 Å². The third-order valence-corrected chi connectivity index (χ3v) is 5.19. The lowest BCUT2D eigenvalue weighted by molar-refractivity contribution is -0.137. The highest BCUT2D eigenvalue weighted by Gasteiger charge is 2.33. The first kappa shape index (κ1) is 18.1. The SMILES string of the molecule is O=C(C[C@H]1CC[C@H]2NC[C@@H](O)COC[C@@H]2O1)NCCN1CCCC1. The molecule has 0 spiro atoms. The van der Waals surface area contributed by atoms with Gasteiger partial charge < -0.3 is 30.1 Å². The molecule has 3 aliphatic rings. The lowest BCUT2D eigenvalue weighted by Crippen LogP contribution is -2.54. The number of rotatable bonds is 5. The number of nitrogens with zero attached hydrogens (tertiary/aromatic N) is 1. The van der Waals surface area contributed by atoms with E-state index in [1.54, 1.807) is 0 Å². The second-order valence-electron chi connectivity index (χ2n) is 7.18. The van der Waals surface area contributed by atoms with Crippen LogP contribution in [0.4, 0.5) is 0 Å². The number of hydrogen-bond donors (Lipinski definition) is 3. The number of amides is 1. The largest absolute Gasteiger partial charge is 0.389 e. The van der Waals surface area contributed by atoms with Crippen LogP contribution in [0.2, 0.25) is 0 Å². The third-order valence-electron chi connectivity index (χ3n) is 5.19. The van der Waals surface area contributed by atoms with Crippen molar-refractivity contribution < 1.29 is 19.4 Å². The summed E-state index contributed by atoms with van der Waals surface area (Å²) >= 11 is 0. The summed E-state index contributed by atoms with van der Waals surface area (Å²) in [5.74, 6) is 0.0767. The Morgan fingerprint density at radius 3 is 2.92 bits per heavy atom. The summed E-state index contributed by atoms with van der Waals surface area (Å²) in [4.78, 5) is 14.5. The van der Waals surface area contributed by atoms with Crippen molar-refractivity contribution in [1.82, 2.24) is 15.5 Å². The van der Waals surface area contributed by atoms with Gasteiger partial charge in [0.15, 0.2) is 0 Å². The van der Waals surface area contributed by atoms with Crippen LogP contribution in [-0.2, 0) is 14.3 Å². The molecule has 3 heterocycles. The Kier molecular flexibility index (Phi) is 6.85. The fraction of sp³-hybridized carbons (Fsp3) is 0.941. The number of ether oxygens (including phenoxy) is 2. The summed E-state index contributed by atoms with van der Waals surface area (Å²) in [5, 5.41) is 16.0. The van der Waals surface area contributed by atoms with Gasteiger partial charge in [-0.25, -0.2) is 0 Å². The van der Waals surface area contributed by atoms with Gasteiger partial charge >= 0.3 is 0 Å². The van der Waals surface area contributed by atoms with Crippen LogP contribution in [0.3, 0.4) is 0 Å². The van der Waals surface area contributed by atoms with Crippen LogP contribution in [0.5, 0.6) is 0 Å². The van der Waals surface area contributed by atoms with Gasteiger partial charge in [-0.1, -0.05) is 0 Å². The molecular weight excluding hydrogens is 310 g/mol. The standard InChI is InChI=1S/C17H31N3O4/c21-13-10-19-15-4-3-14(24-16(15)12-23-11-13)9-17(22)18-5-8-20-6-1-2-7-20/h13-16,19,21H,1-12H2,(H,18,22)/t13-,14-,15-,16+/m1/s1. The van der Waals surface area contributed by atoms with E-state index >= 15 is 0 Å². The molecule has 3 N–H and O–H groups in total. The van der Waals surface area contributed by atoms with E-state index in [0.29, 0.717) is 26.2 Å². The van der Waals surface area contributed by atoms with Gasteiger partial charge in [0.25, 0.3) is 0 Å². The topological polar surface area (TPSA) is 83.1 Å². The van der Waals surface area contributed by atoms with E-state index in [1.807, 2.05) is 0 Å². The number of β-amino-alcohol motifs (C(OH)–C–C–N with tert-alkyl or cyclic N) is 1. The zero-order valence-electron chi connectivity index (χ0n) is 14.4. The zero-order valence-corrected chi connectivity index (χ0v) is 14.4. The highest BCUT2D eigenvalue weighted by Crippen LogP contribution is 2.23. The molecule has 138 valence electrons. The number of fused-ring (bicyclic) bond motifs is 1. The Labute approximate surface area is 144 Å². The molecule has 7 heteroatoms. The molecule has 0 aromatic carbocycles. The van der Waals surface area contributed by atoms with Crippen LogP contribution in [0.15, 0.2) is 0 Å². The van der Waals surface area contributed by atoms with E-state index in [-0.39, 0.29) is 24.2 Å². The van der Waals surface area contributed by atoms with E-state index in [1.165, 1.54) is 12.8 Å². The first-order chi connectivity index (χ1) is 11.7. The Balaban J connectivity index is 1.35. The molecule has 1 amide bonds. The fourth-order valence-corrected chi connectivity index (χ4v) is 3.81. The Bertz CT molecular complexity index is 403. The van der Waals surface area contributed by atoms with Crippen molar-refractivity contribution >= 4 is 5.91 Å². The Morgan fingerprint density at radius 2 is 2.08 bits per heavy atom. The van der Waals surface area contributed by atoms with Gasteiger partial charge in [0.05, 0.1) is 37.9 Å². The van der Waals surface area contributed by atoms with Crippen LogP contribution in [0.1, 0.15) is 32.1 Å². The van der Waals surface area contributed by atoms with Gasteiger partial charge in [0.1, 0.15) is 0 Å². The number of carbonyl (C=O) groups excluding carboxylic acids is 1. The van der Waals surface area contributed by atoms with Crippen LogP contribution in [0, 0.1) is 0 Å². The summed E-state index contributed by atoms with van der Waals surface area (Å²) in [7, 11) is 0. The average Bonchev–Trinajstić information content (AvgIpc) is 3.05. The van der Waals surface area contributed by atoms with Gasteiger partial charge in [-0.05, 0) is 38.8 Å². The van der Waals surface area contributed by atoms with Crippen LogP contribution >= 0.6 is 0 Å². The molecule has 0 aromatic heterocycles. The molecule has 4 atom stereocenters. The van der Waals surface area contributed by atoms with Crippen molar-refractivity contribution in [2.45, 2.75) is 56.5 Å². The summed E-state index contributed by atoms with van der Waals surface area (Å²) in [6, 6.07) is 0.203. The van der Waals surface area contributed by atoms with Crippen LogP contribution < -0.4 is 10.6 Å². The number of nitrogens with one attached hydrogen (secondary N) is 2. The second kappa shape index (κ2) is 9.10. The molecule has 0 bridgehead atoms. The molecule has 7 nitrogen and oxygen atoms in total. The first-order valence-electron chi connectivity index (χ1n) is 9.34. The quantitative estimate of drug-likeness (QED) is 0.625. The summed E-state index contributed by atoms with van der Waals surface area (Å²) < 4.78 is 11.6. The molecular formula is C17H31N3O4. The fourth-order valence-electron chi connectivity index (χ4n) is 3.81. The zero-order chi connectivity index (χ0) is 16.8. The highest BCUT2D eigenvalue weighted by atomic mass is 16.5. The second-order valence-corrected chi connectivity index (χ2v) is 7.18. The third kappa shape index (κ3) is 5.39. The number of aliphatic hydroxyl groups is 1. The smallest absolute Gasteiger partial charge is 0.222 e. The average molecular weight is 341 g/mol. The van der Waals surface area contributed by atoms with E-state index in [0.717, 1.165) is 39.0 Å². The van der Waals surface area contributed by atoms with Gasteiger partial charge in [-0.15, -0.1) is 0 Å². The van der Waals surface area contributed by atoms with E-state index in [4.69, 9.17) is 9.47 Å². The van der Waals surface area contributed by atoms with Crippen molar-refractivity contribution in [2.24, 2.45) is 0 Å². The summed E-state index contributed by atoms with van der Waals surface area (Å²) in [5.41, 5.74) is 0. The van der Waals surface area contributed by atoms with Crippen molar-refractivity contribution in [3.8, 4) is 0 Å². The lowest BCUT2D eigenvalue weighted by atomic mass is 9.96. The normalized spacial score (nSPS) is 35.0. The minimum Gasteiger partial charge on any atom is -0.389 e. The Hall–Kier alpha value is -0.730. The van der Waals surface area contributed by atoms with E-state index in [9.17, 15) is 9.90 Å². The Morgan fingerprint density at radius 1 is 1.25 bits per heavy atom. The van der Waals surface area contributed by atoms with E-state index in [2.05, 4.69) is 15.5 Å². The maximum absolute atomic E-state index is 12.1.